The molecule has 5 heteroatoms. The Balaban J connectivity index is 2.10. The van der Waals surface area contributed by atoms with Crippen LogP contribution in [0.1, 0.15) is 27.0 Å². The number of hydrogen-bond acceptors (Lipinski definition) is 5. The highest BCUT2D eigenvalue weighted by Gasteiger charge is 2.07. The lowest BCUT2D eigenvalue weighted by Crippen LogP contribution is -2.05. The molecule has 2 heterocycles. The highest BCUT2D eigenvalue weighted by atomic mass is 32.1. The summed E-state index contributed by atoms with van der Waals surface area (Å²) < 4.78 is 5.74. The van der Waals surface area contributed by atoms with Gasteiger partial charge >= 0.3 is 0 Å². The van der Waals surface area contributed by atoms with Crippen molar-refractivity contribution in [2.75, 3.05) is 0 Å². The molecule has 0 saturated carbocycles. The molecular weight excluding hydrogens is 246 g/mol. The summed E-state index contributed by atoms with van der Waals surface area (Å²) in [4.78, 5) is 10.0. The molecule has 2 N–H and O–H groups in total. The summed E-state index contributed by atoms with van der Waals surface area (Å²) in [6.07, 6.45) is 0. The van der Waals surface area contributed by atoms with Gasteiger partial charge in [-0.25, -0.2) is 4.98 Å². The number of ether oxygens (including phenoxy) is 1. The quantitative estimate of drug-likeness (QED) is 0.920. The van der Waals surface area contributed by atoms with Gasteiger partial charge in [0.1, 0.15) is 17.4 Å². The summed E-state index contributed by atoms with van der Waals surface area (Å²) in [5.74, 6) is 0.744. The van der Waals surface area contributed by atoms with E-state index in [0.717, 1.165) is 27.8 Å². The van der Waals surface area contributed by atoms with Gasteiger partial charge in [-0.1, -0.05) is 0 Å². The van der Waals surface area contributed by atoms with Crippen molar-refractivity contribution in [2.24, 2.45) is 5.73 Å². The van der Waals surface area contributed by atoms with E-state index in [1.54, 1.807) is 11.3 Å². The Morgan fingerprint density at radius 3 is 2.61 bits per heavy atom. The number of rotatable bonds is 4. The molecule has 0 amide bonds. The van der Waals surface area contributed by atoms with Gasteiger partial charge in [0.25, 0.3) is 0 Å². The van der Waals surface area contributed by atoms with Crippen molar-refractivity contribution in [3.05, 3.63) is 39.1 Å². The molecule has 0 saturated heterocycles. The molecule has 0 spiro atoms. The van der Waals surface area contributed by atoms with E-state index >= 15 is 0 Å². The second-order valence-electron chi connectivity index (χ2n) is 4.14. The Morgan fingerprint density at radius 2 is 2.00 bits per heavy atom. The maximum Gasteiger partial charge on any atom is 0.142 e. The second kappa shape index (κ2) is 5.46. The molecule has 4 nitrogen and oxygen atoms in total. The van der Waals surface area contributed by atoms with E-state index in [1.807, 2.05) is 26.0 Å². The first-order chi connectivity index (χ1) is 8.60. The lowest BCUT2D eigenvalue weighted by molar-refractivity contribution is 0.300. The molecule has 0 atom stereocenters. The zero-order valence-corrected chi connectivity index (χ0v) is 11.7. The van der Waals surface area contributed by atoms with Crippen molar-refractivity contribution >= 4 is 11.3 Å². The monoisotopic (exact) mass is 263 g/mol. The van der Waals surface area contributed by atoms with Gasteiger partial charge < -0.3 is 10.5 Å². The number of hydrogen-bond donors (Lipinski definition) is 1. The predicted octanol–water partition coefficient (Wildman–Crippen LogP) is 2.50. The van der Waals surface area contributed by atoms with Gasteiger partial charge in [0, 0.05) is 17.1 Å². The summed E-state index contributed by atoms with van der Waals surface area (Å²) in [6.45, 7) is 6.86. The number of aryl methyl sites for hydroxylation is 3. The normalized spacial score (nSPS) is 10.7. The smallest absolute Gasteiger partial charge is 0.142 e. The fraction of sp³-hybridized carbons (Fsp3) is 0.385. The molecular formula is C13H17N3OS. The Morgan fingerprint density at radius 1 is 1.22 bits per heavy atom. The first-order valence-corrected chi connectivity index (χ1v) is 6.64. The van der Waals surface area contributed by atoms with Crippen LogP contribution in [0.4, 0.5) is 0 Å². The highest BCUT2D eigenvalue weighted by Crippen LogP contribution is 2.21. The molecule has 0 radical (unpaired) electrons. The summed E-state index contributed by atoms with van der Waals surface area (Å²) >= 11 is 1.66. The third-order valence-corrected chi connectivity index (χ3v) is 3.74. The SMILES string of the molecule is Cc1ccc(OCc2nc(C)c(C)s2)c(CN)n1. The van der Waals surface area contributed by atoms with E-state index in [2.05, 4.69) is 16.9 Å². The summed E-state index contributed by atoms with van der Waals surface area (Å²) in [6, 6.07) is 3.84. The van der Waals surface area contributed by atoms with Crippen molar-refractivity contribution in [2.45, 2.75) is 33.9 Å². The molecule has 2 aromatic heterocycles. The van der Waals surface area contributed by atoms with E-state index in [-0.39, 0.29) is 0 Å². The first-order valence-electron chi connectivity index (χ1n) is 5.82. The van der Waals surface area contributed by atoms with E-state index in [0.29, 0.717) is 13.2 Å². The standard InChI is InChI=1S/C13H17N3OS/c1-8-4-5-12(11(6-14)15-8)17-7-13-16-9(2)10(3)18-13/h4-5H,6-7,14H2,1-3H3. The minimum Gasteiger partial charge on any atom is -0.484 e. The molecule has 2 aromatic rings. The number of nitrogens with zero attached hydrogens (tertiary/aromatic N) is 2. The molecule has 0 bridgehead atoms. The van der Waals surface area contributed by atoms with Gasteiger partial charge in [0.05, 0.1) is 11.4 Å². The lowest BCUT2D eigenvalue weighted by Gasteiger charge is -2.08. The molecule has 18 heavy (non-hydrogen) atoms. The fourth-order valence-electron chi connectivity index (χ4n) is 1.62. The minimum absolute atomic E-state index is 0.382. The molecule has 0 aliphatic heterocycles. The number of aromatic nitrogens is 2. The third-order valence-electron chi connectivity index (χ3n) is 2.69. The van der Waals surface area contributed by atoms with Crippen LogP contribution in [0.15, 0.2) is 12.1 Å². The molecule has 96 valence electrons. The number of nitrogens with two attached hydrogens (primary N) is 1. The highest BCUT2D eigenvalue weighted by molar-refractivity contribution is 7.11. The Hall–Kier alpha value is -1.46. The topological polar surface area (TPSA) is 61.0 Å². The van der Waals surface area contributed by atoms with Gasteiger partial charge in [-0.15, -0.1) is 11.3 Å². The molecule has 2 rings (SSSR count). The van der Waals surface area contributed by atoms with Gasteiger partial charge in [0.2, 0.25) is 0 Å². The van der Waals surface area contributed by atoms with Crippen LogP contribution in [-0.4, -0.2) is 9.97 Å². The zero-order chi connectivity index (χ0) is 13.1. The maximum absolute atomic E-state index is 5.74. The van der Waals surface area contributed by atoms with Crippen LogP contribution in [0, 0.1) is 20.8 Å². The Kier molecular flexibility index (Phi) is 3.93. The van der Waals surface area contributed by atoms with E-state index in [4.69, 9.17) is 10.5 Å². The molecule has 0 aliphatic carbocycles. The van der Waals surface area contributed by atoms with Gasteiger partial charge in [-0.05, 0) is 32.9 Å². The lowest BCUT2D eigenvalue weighted by atomic mass is 10.3. The maximum atomic E-state index is 5.74. The van der Waals surface area contributed by atoms with Crippen molar-refractivity contribution < 1.29 is 4.74 Å². The Bertz CT molecular complexity index is 532. The van der Waals surface area contributed by atoms with Crippen LogP contribution in [0.3, 0.4) is 0 Å². The Labute approximate surface area is 111 Å². The first kappa shape index (κ1) is 13.0. The van der Waals surface area contributed by atoms with Crippen LogP contribution < -0.4 is 10.5 Å². The van der Waals surface area contributed by atoms with Crippen LogP contribution in [0.2, 0.25) is 0 Å². The summed E-state index contributed by atoms with van der Waals surface area (Å²) in [7, 11) is 0. The van der Waals surface area contributed by atoms with Crippen molar-refractivity contribution in [1.29, 1.82) is 0 Å². The van der Waals surface area contributed by atoms with Crippen LogP contribution >= 0.6 is 11.3 Å². The largest absolute Gasteiger partial charge is 0.484 e. The second-order valence-corrected chi connectivity index (χ2v) is 5.43. The van der Waals surface area contributed by atoms with Gasteiger partial charge in [-0.3, -0.25) is 4.98 Å². The number of thiazole rings is 1. The van der Waals surface area contributed by atoms with E-state index in [1.165, 1.54) is 4.88 Å². The van der Waals surface area contributed by atoms with Gasteiger partial charge in [-0.2, -0.15) is 0 Å². The zero-order valence-electron chi connectivity index (χ0n) is 10.9. The average Bonchev–Trinajstić information content (AvgIpc) is 2.67. The third kappa shape index (κ3) is 2.86. The number of pyridine rings is 1. The van der Waals surface area contributed by atoms with Gasteiger partial charge in [0.15, 0.2) is 0 Å². The molecule has 0 unspecified atom stereocenters. The molecule has 0 fully saturated rings. The van der Waals surface area contributed by atoms with E-state index < -0.39 is 0 Å². The summed E-state index contributed by atoms with van der Waals surface area (Å²) in [5.41, 5.74) is 8.47. The van der Waals surface area contributed by atoms with Crippen LogP contribution in [0.25, 0.3) is 0 Å². The van der Waals surface area contributed by atoms with Crippen LogP contribution in [0.5, 0.6) is 5.75 Å². The average molecular weight is 263 g/mol. The minimum atomic E-state index is 0.382. The van der Waals surface area contributed by atoms with Crippen molar-refractivity contribution in [1.82, 2.24) is 9.97 Å². The van der Waals surface area contributed by atoms with E-state index in [9.17, 15) is 0 Å². The molecule has 0 aromatic carbocycles. The van der Waals surface area contributed by atoms with Crippen molar-refractivity contribution in [3.8, 4) is 5.75 Å². The molecule has 0 aliphatic rings. The predicted molar refractivity (Wildman–Crippen MR) is 72.8 cm³/mol. The summed E-state index contributed by atoms with van der Waals surface area (Å²) in [5, 5.41) is 0.980. The fourth-order valence-corrected chi connectivity index (χ4v) is 2.46. The van der Waals surface area contributed by atoms with Crippen molar-refractivity contribution in [3.63, 3.8) is 0 Å². The van der Waals surface area contributed by atoms with Crippen LogP contribution in [-0.2, 0) is 13.2 Å².